The first kappa shape index (κ1) is 26.2. The number of carbonyl (C=O) groups is 1. The molecule has 0 N–H and O–H groups in total. The van der Waals surface area contributed by atoms with E-state index in [4.69, 9.17) is 18.6 Å². The van der Waals surface area contributed by atoms with E-state index in [-0.39, 0.29) is 29.3 Å². The Bertz CT molecular complexity index is 1950. The molecule has 0 saturated heterocycles. The fraction of sp³-hybridized carbons (Fsp3) is 0.179. The molecule has 2 aromatic carbocycles. The summed E-state index contributed by atoms with van der Waals surface area (Å²) in [6.07, 6.45) is 1.52. The van der Waals surface area contributed by atoms with E-state index >= 15 is 0 Å². The Morgan fingerprint density at radius 3 is 2.80 bits per heavy atom. The number of thiazole rings is 1. The molecule has 2 aliphatic heterocycles. The minimum absolute atomic E-state index is 0.0670. The van der Waals surface area contributed by atoms with Gasteiger partial charge in [0.1, 0.15) is 11.5 Å². The number of hydrogen-bond donors (Lipinski definition) is 0. The topological polar surface area (TPSA) is 135 Å². The predicted octanol–water partition coefficient (Wildman–Crippen LogP) is 3.83. The van der Waals surface area contributed by atoms with Gasteiger partial charge in [0.2, 0.25) is 12.6 Å². The summed E-state index contributed by atoms with van der Waals surface area (Å²) in [6, 6.07) is 11.0. The highest BCUT2D eigenvalue weighted by molar-refractivity contribution is 7.07. The van der Waals surface area contributed by atoms with Gasteiger partial charge in [-0.1, -0.05) is 17.4 Å². The van der Waals surface area contributed by atoms with Crippen molar-refractivity contribution in [3.8, 4) is 22.8 Å². The number of nitro groups is 1. The van der Waals surface area contributed by atoms with E-state index in [2.05, 4.69) is 4.99 Å². The summed E-state index contributed by atoms with van der Waals surface area (Å²) in [5, 5.41) is 11.1. The van der Waals surface area contributed by atoms with Crippen molar-refractivity contribution in [1.29, 1.82) is 0 Å². The predicted molar refractivity (Wildman–Crippen MR) is 144 cm³/mol. The summed E-state index contributed by atoms with van der Waals surface area (Å²) in [5.74, 6) is 0.0474. The molecule has 1 atom stereocenters. The van der Waals surface area contributed by atoms with Crippen LogP contribution in [0.3, 0.4) is 0 Å². The lowest BCUT2D eigenvalue weighted by Crippen LogP contribution is -2.39. The molecule has 0 unspecified atom stereocenters. The van der Waals surface area contributed by atoms with Crippen LogP contribution in [-0.4, -0.2) is 28.9 Å². The van der Waals surface area contributed by atoms with Gasteiger partial charge in [-0.15, -0.1) is 0 Å². The minimum atomic E-state index is -0.957. The van der Waals surface area contributed by atoms with Crippen molar-refractivity contribution in [3.63, 3.8) is 0 Å². The molecule has 6 rings (SSSR count). The molecule has 41 heavy (non-hydrogen) atoms. The maximum atomic E-state index is 13.8. The Balaban J connectivity index is 1.45. The van der Waals surface area contributed by atoms with Crippen molar-refractivity contribution in [2.45, 2.75) is 19.9 Å². The highest BCUT2D eigenvalue weighted by atomic mass is 32.1. The number of fused-ring (bicyclic) bond motifs is 2. The second-order valence-corrected chi connectivity index (χ2v) is 10.0. The maximum Gasteiger partial charge on any atom is 0.338 e. The summed E-state index contributed by atoms with van der Waals surface area (Å²) in [6.45, 7) is 3.59. The summed E-state index contributed by atoms with van der Waals surface area (Å²) >= 11 is 1.11. The first-order valence-electron chi connectivity index (χ1n) is 12.4. The zero-order chi connectivity index (χ0) is 28.8. The van der Waals surface area contributed by atoms with E-state index in [9.17, 15) is 24.1 Å². The molecule has 0 bridgehead atoms. The van der Waals surface area contributed by atoms with E-state index in [1.807, 2.05) is 0 Å². The molecule has 0 fully saturated rings. The number of hydrogen-bond acceptors (Lipinski definition) is 10. The lowest BCUT2D eigenvalue weighted by Gasteiger charge is -2.24. The lowest BCUT2D eigenvalue weighted by molar-refractivity contribution is -0.387. The Hall–Kier alpha value is -5.04. The number of halogens is 1. The van der Waals surface area contributed by atoms with Gasteiger partial charge in [-0.25, -0.2) is 9.79 Å². The maximum absolute atomic E-state index is 13.8. The molecule has 0 radical (unpaired) electrons. The van der Waals surface area contributed by atoms with E-state index < -0.39 is 34.0 Å². The third kappa shape index (κ3) is 4.59. The van der Waals surface area contributed by atoms with Crippen LogP contribution in [-0.2, 0) is 9.53 Å². The Kier molecular flexibility index (Phi) is 6.50. The molecule has 11 nitrogen and oxygen atoms in total. The van der Waals surface area contributed by atoms with E-state index in [1.165, 1.54) is 16.7 Å². The van der Waals surface area contributed by atoms with Crippen LogP contribution in [0.25, 0.3) is 17.4 Å². The SMILES string of the molecule is CCOC(=O)C1=C(C)N=c2s/c(=C\c3ccc(-c4ccc(F)c([N+](=O)[O-])c4)o3)c(=O)n2[C@@H]1c1ccc2c(c1)OCO2. The van der Waals surface area contributed by atoms with Crippen molar-refractivity contribution in [1.82, 2.24) is 4.57 Å². The summed E-state index contributed by atoms with van der Waals surface area (Å²) in [5.41, 5.74) is 0.459. The average molecular weight is 578 g/mol. The number of aromatic nitrogens is 1. The van der Waals surface area contributed by atoms with Crippen LogP contribution in [0.15, 0.2) is 74.0 Å². The van der Waals surface area contributed by atoms with Gasteiger partial charge < -0.3 is 18.6 Å². The molecular formula is C28H20FN3O8S. The quantitative estimate of drug-likeness (QED) is 0.192. The summed E-state index contributed by atoms with van der Waals surface area (Å²) in [7, 11) is 0. The van der Waals surface area contributed by atoms with E-state index in [0.717, 1.165) is 23.5 Å². The largest absolute Gasteiger partial charge is 0.463 e. The number of nitrogens with zero attached hydrogens (tertiary/aromatic N) is 3. The molecular weight excluding hydrogens is 557 g/mol. The van der Waals surface area contributed by atoms with Gasteiger partial charge in [-0.05, 0) is 55.8 Å². The second kappa shape index (κ2) is 10.2. The average Bonchev–Trinajstić information content (AvgIpc) is 3.67. The zero-order valence-corrected chi connectivity index (χ0v) is 22.4. The van der Waals surface area contributed by atoms with Crippen LogP contribution >= 0.6 is 11.3 Å². The first-order valence-corrected chi connectivity index (χ1v) is 13.2. The molecule has 4 aromatic rings. The molecule has 0 spiro atoms. The number of carbonyl (C=O) groups excluding carboxylic acids is 1. The first-order chi connectivity index (χ1) is 19.7. The Morgan fingerprint density at radius 2 is 2.02 bits per heavy atom. The number of furan rings is 1. The molecule has 4 heterocycles. The van der Waals surface area contributed by atoms with Crippen molar-refractivity contribution in [2.24, 2.45) is 4.99 Å². The smallest absolute Gasteiger partial charge is 0.338 e. The number of allylic oxidation sites excluding steroid dienone is 1. The van der Waals surface area contributed by atoms with Crippen LogP contribution < -0.4 is 24.4 Å². The number of ether oxygens (including phenoxy) is 3. The van der Waals surface area contributed by atoms with Crippen molar-refractivity contribution >= 4 is 29.1 Å². The van der Waals surface area contributed by atoms with Gasteiger partial charge in [0, 0.05) is 17.7 Å². The summed E-state index contributed by atoms with van der Waals surface area (Å²) in [4.78, 5) is 42.1. The number of rotatable bonds is 6. The highest BCUT2D eigenvalue weighted by Crippen LogP contribution is 2.38. The fourth-order valence-corrected chi connectivity index (χ4v) is 5.74. The van der Waals surface area contributed by atoms with Crippen molar-refractivity contribution in [2.75, 3.05) is 13.4 Å². The minimum Gasteiger partial charge on any atom is -0.463 e. The standard InChI is InChI=1S/C28H20FN3O8S/c1-3-37-27(34)24-14(2)30-28-31(25(24)16-5-8-21-22(11-16)39-13-38-21)26(33)23(41-28)12-17-6-9-20(40-17)15-4-7-18(29)19(10-15)32(35)36/h4-12,25H,3,13H2,1-2H3/b23-12-/t25-/m1/s1. The third-order valence-electron chi connectivity index (χ3n) is 6.56. The molecule has 2 aromatic heterocycles. The van der Waals surface area contributed by atoms with Crippen molar-refractivity contribution in [3.05, 3.63) is 107 Å². The lowest BCUT2D eigenvalue weighted by atomic mass is 9.95. The van der Waals surface area contributed by atoms with Gasteiger partial charge >= 0.3 is 11.7 Å². The molecule has 13 heteroatoms. The van der Waals surface area contributed by atoms with Crippen molar-refractivity contribution < 1.29 is 32.7 Å². The molecule has 0 saturated carbocycles. The van der Waals surface area contributed by atoms with Crippen LogP contribution in [0.2, 0.25) is 0 Å². The van der Waals surface area contributed by atoms with Crippen LogP contribution in [0, 0.1) is 15.9 Å². The van der Waals surface area contributed by atoms with Gasteiger partial charge in [-0.3, -0.25) is 19.5 Å². The van der Waals surface area contributed by atoms with Gasteiger partial charge in [0.05, 0.1) is 33.4 Å². The zero-order valence-electron chi connectivity index (χ0n) is 21.6. The second-order valence-electron chi connectivity index (χ2n) is 9.04. The molecule has 0 aliphatic carbocycles. The van der Waals surface area contributed by atoms with Gasteiger partial charge in [-0.2, -0.15) is 4.39 Å². The molecule has 208 valence electrons. The number of esters is 1. The highest BCUT2D eigenvalue weighted by Gasteiger charge is 2.34. The van der Waals surface area contributed by atoms with E-state index in [1.54, 1.807) is 44.2 Å². The normalized spacial score (nSPS) is 16.0. The van der Waals surface area contributed by atoms with Gasteiger partial charge in [0.25, 0.3) is 5.56 Å². The summed E-state index contributed by atoms with van der Waals surface area (Å²) < 4.78 is 37.6. The monoisotopic (exact) mass is 577 g/mol. The fourth-order valence-electron chi connectivity index (χ4n) is 4.71. The van der Waals surface area contributed by atoms with Crippen LogP contribution in [0.1, 0.15) is 31.2 Å². The number of benzene rings is 2. The third-order valence-corrected chi connectivity index (χ3v) is 7.54. The Labute approximate surface area is 234 Å². The Morgan fingerprint density at radius 1 is 1.22 bits per heavy atom. The molecule has 0 amide bonds. The molecule has 2 aliphatic rings. The van der Waals surface area contributed by atoms with Crippen LogP contribution in [0.4, 0.5) is 10.1 Å². The van der Waals surface area contributed by atoms with E-state index in [0.29, 0.717) is 38.9 Å². The van der Waals surface area contributed by atoms with Gasteiger partial charge in [0.15, 0.2) is 16.3 Å². The number of nitro benzene ring substituents is 1. The van der Waals surface area contributed by atoms with Crippen LogP contribution in [0.5, 0.6) is 11.5 Å².